The first kappa shape index (κ1) is 9.81. The fraction of sp³-hybridized carbons (Fsp3) is 1.00. The lowest BCUT2D eigenvalue weighted by Gasteiger charge is -2.38. The lowest BCUT2D eigenvalue weighted by atomic mass is 9.89. The summed E-state index contributed by atoms with van der Waals surface area (Å²) in [6.07, 6.45) is 2.82. The SMILES string of the molecule is CC1(CNCC2CCCS2)COC1. The summed E-state index contributed by atoms with van der Waals surface area (Å²) < 4.78 is 5.22. The molecule has 0 amide bonds. The molecule has 3 heteroatoms. The molecule has 0 aromatic rings. The second kappa shape index (κ2) is 4.20. The van der Waals surface area contributed by atoms with E-state index in [-0.39, 0.29) is 0 Å². The summed E-state index contributed by atoms with van der Waals surface area (Å²) in [7, 11) is 0. The van der Waals surface area contributed by atoms with Crippen molar-refractivity contribution >= 4 is 11.8 Å². The summed E-state index contributed by atoms with van der Waals surface area (Å²) in [5.74, 6) is 1.37. The summed E-state index contributed by atoms with van der Waals surface area (Å²) in [5, 5.41) is 4.45. The van der Waals surface area contributed by atoms with Crippen molar-refractivity contribution < 1.29 is 4.74 Å². The molecule has 0 aliphatic carbocycles. The highest BCUT2D eigenvalue weighted by molar-refractivity contribution is 8.00. The van der Waals surface area contributed by atoms with Crippen LogP contribution in [0.25, 0.3) is 0 Å². The van der Waals surface area contributed by atoms with Gasteiger partial charge in [-0.2, -0.15) is 11.8 Å². The molecule has 0 aromatic carbocycles. The van der Waals surface area contributed by atoms with E-state index >= 15 is 0 Å². The Labute approximate surface area is 84.8 Å². The van der Waals surface area contributed by atoms with Gasteiger partial charge in [0, 0.05) is 23.8 Å². The van der Waals surface area contributed by atoms with Gasteiger partial charge in [-0.3, -0.25) is 0 Å². The smallest absolute Gasteiger partial charge is 0.0554 e. The van der Waals surface area contributed by atoms with Gasteiger partial charge in [0.25, 0.3) is 0 Å². The fourth-order valence-electron chi connectivity index (χ4n) is 1.89. The van der Waals surface area contributed by atoms with Crippen LogP contribution in [0.5, 0.6) is 0 Å². The highest BCUT2D eigenvalue weighted by Crippen LogP contribution is 2.27. The minimum Gasteiger partial charge on any atom is -0.380 e. The zero-order valence-corrected chi connectivity index (χ0v) is 9.16. The van der Waals surface area contributed by atoms with Gasteiger partial charge in [-0.25, -0.2) is 0 Å². The molecule has 2 aliphatic rings. The van der Waals surface area contributed by atoms with E-state index in [2.05, 4.69) is 24.0 Å². The summed E-state index contributed by atoms with van der Waals surface area (Å²) >= 11 is 2.12. The predicted octanol–water partition coefficient (Wildman–Crippen LogP) is 1.51. The molecule has 13 heavy (non-hydrogen) atoms. The van der Waals surface area contributed by atoms with Crippen molar-refractivity contribution in [3.63, 3.8) is 0 Å². The molecule has 2 heterocycles. The van der Waals surface area contributed by atoms with Crippen molar-refractivity contribution in [1.82, 2.24) is 5.32 Å². The average Bonchev–Trinajstić information content (AvgIpc) is 2.54. The Hall–Kier alpha value is 0.270. The maximum absolute atomic E-state index is 5.22. The minimum absolute atomic E-state index is 0.434. The van der Waals surface area contributed by atoms with E-state index in [0.717, 1.165) is 25.0 Å². The second-order valence-corrected chi connectivity index (χ2v) is 5.98. The third kappa shape index (κ3) is 2.61. The van der Waals surface area contributed by atoms with E-state index in [0.29, 0.717) is 5.41 Å². The Morgan fingerprint density at radius 1 is 1.54 bits per heavy atom. The molecule has 1 atom stereocenters. The van der Waals surface area contributed by atoms with Gasteiger partial charge in [-0.15, -0.1) is 0 Å². The van der Waals surface area contributed by atoms with Crippen LogP contribution in [-0.2, 0) is 4.74 Å². The Bertz CT molecular complexity index is 164. The molecule has 0 radical (unpaired) electrons. The summed E-state index contributed by atoms with van der Waals surface area (Å²) in [5.41, 5.74) is 0.434. The lowest BCUT2D eigenvalue weighted by Crippen LogP contribution is -2.48. The number of hydrogen-bond donors (Lipinski definition) is 1. The molecular formula is C10H19NOS. The van der Waals surface area contributed by atoms with Gasteiger partial charge in [0.05, 0.1) is 13.2 Å². The van der Waals surface area contributed by atoms with Gasteiger partial charge in [0.2, 0.25) is 0 Å². The second-order valence-electron chi connectivity index (χ2n) is 4.57. The van der Waals surface area contributed by atoms with E-state index < -0.39 is 0 Å². The first-order valence-electron chi connectivity index (χ1n) is 5.19. The molecule has 2 aliphatic heterocycles. The van der Waals surface area contributed by atoms with Crippen LogP contribution in [0.2, 0.25) is 0 Å². The zero-order chi connectivity index (χ0) is 9.15. The number of rotatable bonds is 4. The van der Waals surface area contributed by atoms with Crippen LogP contribution >= 0.6 is 11.8 Å². The topological polar surface area (TPSA) is 21.3 Å². The van der Waals surface area contributed by atoms with Crippen molar-refractivity contribution in [3.8, 4) is 0 Å². The van der Waals surface area contributed by atoms with Gasteiger partial charge >= 0.3 is 0 Å². The number of nitrogens with one attached hydrogen (secondary N) is 1. The first-order valence-corrected chi connectivity index (χ1v) is 6.23. The van der Waals surface area contributed by atoms with Gasteiger partial charge in [-0.05, 0) is 18.6 Å². The number of ether oxygens (including phenoxy) is 1. The van der Waals surface area contributed by atoms with Crippen LogP contribution < -0.4 is 5.32 Å². The molecule has 1 N–H and O–H groups in total. The molecule has 0 aromatic heterocycles. The predicted molar refractivity (Wildman–Crippen MR) is 57.3 cm³/mol. The van der Waals surface area contributed by atoms with Crippen molar-refractivity contribution in [2.24, 2.45) is 5.41 Å². The normalized spacial score (nSPS) is 31.6. The van der Waals surface area contributed by atoms with E-state index in [1.54, 1.807) is 0 Å². The molecule has 0 spiro atoms. The van der Waals surface area contributed by atoms with E-state index in [4.69, 9.17) is 4.74 Å². The quantitative estimate of drug-likeness (QED) is 0.745. The van der Waals surface area contributed by atoms with E-state index in [1.807, 2.05) is 0 Å². The van der Waals surface area contributed by atoms with E-state index in [1.165, 1.54) is 25.1 Å². The molecule has 1 unspecified atom stereocenters. The van der Waals surface area contributed by atoms with Crippen molar-refractivity contribution in [2.45, 2.75) is 25.0 Å². The number of thioether (sulfide) groups is 1. The van der Waals surface area contributed by atoms with Gasteiger partial charge in [0.15, 0.2) is 0 Å². The summed E-state index contributed by atoms with van der Waals surface area (Å²) in [6.45, 7) is 6.51. The van der Waals surface area contributed by atoms with Crippen molar-refractivity contribution in [1.29, 1.82) is 0 Å². The number of hydrogen-bond acceptors (Lipinski definition) is 3. The lowest BCUT2D eigenvalue weighted by molar-refractivity contribution is -0.0988. The van der Waals surface area contributed by atoms with Crippen LogP contribution in [0.1, 0.15) is 19.8 Å². The monoisotopic (exact) mass is 201 g/mol. The molecule has 76 valence electrons. The van der Waals surface area contributed by atoms with Crippen molar-refractivity contribution in [3.05, 3.63) is 0 Å². The van der Waals surface area contributed by atoms with Crippen LogP contribution in [0.3, 0.4) is 0 Å². The van der Waals surface area contributed by atoms with Crippen LogP contribution in [0.4, 0.5) is 0 Å². The molecule has 0 bridgehead atoms. The molecule has 2 rings (SSSR count). The average molecular weight is 201 g/mol. The molecule has 2 nitrogen and oxygen atoms in total. The first-order chi connectivity index (χ1) is 6.29. The molecule has 2 fully saturated rings. The van der Waals surface area contributed by atoms with Gasteiger partial charge in [0.1, 0.15) is 0 Å². The Morgan fingerprint density at radius 2 is 2.38 bits per heavy atom. The van der Waals surface area contributed by atoms with Crippen molar-refractivity contribution in [2.75, 3.05) is 32.1 Å². The Balaban J connectivity index is 1.57. The van der Waals surface area contributed by atoms with Gasteiger partial charge < -0.3 is 10.1 Å². The van der Waals surface area contributed by atoms with Crippen LogP contribution in [0, 0.1) is 5.41 Å². The maximum Gasteiger partial charge on any atom is 0.0554 e. The highest BCUT2D eigenvalue weighted by Gasteiger charge is 2.32. The maximum atomic E-state index is 5.22. The Kier molecular flexibility index (Phi) is 3.17. The molecule has 0 saturated carbocycles. The minimum atomic E-state index is 0.434. The fourth-order valence-corrected chi connectivity index (χ4v) is 3.13. The molecule has 2 saturated heterocycles. The van der Waals surface area contributed by atoms with Crippen LogP contribution in [0.15, 0.2) is 0 Å². The Morgan fingerprint density at radius 3 is 2.92 bits per heavy atom. The highest BCUT2D eigenvalue weighted by atomic mass is 32.2. The standard InChI is InChI=1S/C10H19NOS/c1-10(7-12-8-10)6-11-5-9-3-2-4-13-9/h9,11H,2-8H2,1H3. The summed E-state index contributed by atoms with van der Waals surface area (Å²) in [4.78, 5) is 0. The third-order valence-electron chi connectivity index (χ3n) is 2.85. The van der Waals surface area contributed by atoms with Gasteiger partial charge in [-0.1, -0.05) is 6.92 Å². The summed E-state index contributed by atoms with van der Waals surface area (Å²) in [6, 6.07) is 0. The van der Waals surface area contributed by atoms with E-state index in [9.17, 15) is 0 Å². The molecular weight excluding hydrogens is 182 g/mol. The zero-order valence-electron chi connectivity index (χ0n) is 8.34. The third-order valence-corrected chi connectivity index (χ3v) is 4.25. The van der Waals surface area contributed by atoms with Crippen LogP contribution in [-0.4, -0.2) is 37.3 Å². The largest absolute Gasteiger partial charge is 0.380 e.